The van der Waals surface area contributed by atoms with Crippen molar-refractivity contribution in [2.24, 2.45) is 5.10 Å². The van der Waals surface area contributed by atoms with Crippen molar-refractivity contribution in [1.29, 1.82) is 0 Å². The van der Waals surface area contributed by atoms with Crippen molar-refractivity contribution in [3.05, 3.63) is 64.5 Å². The third-order valence-electron chi connectivity index (χ3n) is 2.99. The van der Waals surface area contributed by atoms with Crippen molar-refractivity contribution >= 4 is 40.1 Å². The number of hydrogen-bond acceptors (Lipinski definition) is 5. The number of anilines is 2. The largest absolute Gasteiger partial charge is 0.383 e. The van der Waals surface area contributed by atoms with Gasteiger partial charge in [0.25, 0.3) is 0 Å². The van der Waals surface area contributed by atoms with E-state index in [1.807, 2.05) is 48.5 Å². The zero-order valence-electron chi connectivity index (χ0n) is 11.5. The second kappa shape index (κ2) is 6.60. The van der Waals surface area contributed by atoms with E-state index >= 15 is 0 Å². The van der Waals surface area contributed by atoms with Crippen molar-refractivity contribution in [2.45, 2.75) is 0 Å². The minimum Gasteiger partial charge on any atom is -0.383 e. The standard InChI is InChI=1S/C16H13ClN4S/c17-14-4-2-1-3-13(14)12-7-5-11(6-8-12)9-19-21-16-20-15(18)10-22-16/h1-10H,18H2,(H,20,21). The first-order valence-electron chi connectivity index (χ1n) is 6.57. The molecule has 0 bridgehead atoms. The lowest BCUT2D eigenvalue weighted by molar-refractivity contribution is 1.29. The van der Waals surface area contributed by atoms with Gasteiger partial charge in [-0.25, -0.2) is 4.98 Å². The van der Waals surface area contributed by atoms with Gasteiger partial charge < -0.3 is 5.73 Å². The monoisotopic (exact) mass is 328 g/mol. The molecule has 3 aromatic rings. The Morgan fingerprint density at radius 3 is 2.59 bits per heavy atom. The molecule has 0 fully saturated rings. The fourth-order valence-electron chi connectivity index (χ4n) is 1.94. The molecule has 1 aromatic heterocycles. The van der Waals surface area contributed by atoms with Gasteiger partial charge in [-0.05, 0) is 17.2 Å². The van der Waals surface area contributed by atoms with Gasteiger partial charge in [0.1, 0.15) is 5.82 Å². The molecule has 0 radical (unpaired) electrons. The molecule has 0 spiro atoms. The van der Waals surface area contributed by atoms with Crippen LogP contribution >= 0.6 is 22.9 Å². The molecule has 3 N–H and O–H groups in total. The van der Waals surface area contributed by atoms with Gasteiger partial charge in [0.05, 0.1) is 6.21 Å². The van der Waals surface area contributed by atoms with Gasteiger partial charge >= 0.3 is 0 Å². The molecule has 110 valence electrons. The number of nitrogens with zero attached hydrogens (tertiary/aromatic N) is 2. The lowest BCUT2D eigenvalue weighted by Crippen LogP contribution is -1.91. The van der Waals surface area contributed by atoms with E-state index < -0.39 is 0 Å². The minimum atomic E-state index is 0.492. The molecule has 0 atom stereocenters. The number of nitrogen functional groups attached to an aromatic ring is 1. The minimum absolute atomic E-state index is 0.492. The highest BCUT2D eigenvalue weighted by Crippen LogP contribution is 2.27. The van der Waals surface area contributed by atoms with Crippen LogP contribution < -0.4 is 11.2 Å². The van der Waals surface area contributed by atoms with Crippen LogP contribution in [0, 0.1) is 0 Å². The Bertz CT molecular complexity index is 796. The average molecular weight is 329 g/mol. The molecule has 22 heavy (non-hydrogen) atoms. The van der Waals surface area contributed by atoms with E-state index in [9.17, 15) is 0 Å². The second-order valence-corrected chi connectivity index (χ2v) is 5.81. The van der Waals surface area contributed by atoms with E-state index in [-0.39, 0.29) is 0 Å². The van der Waals surface area contributed by atoms with Gasteiger partial charge in [0, 0.05) is 16.0 Å². The molecule has 1 heterocycles. The van der Waals surface area contributed by atoms with Crippen LogP contribution in [0.1, 0.15) is 5.56 Å². The smallest absolute Gasteiger partial charge is 0.205 e. The van der Waals surface area contributed by atoms with E-state index in [0.29, 0.717) is 10.9 Å². The molecule has 2 aromatic carbocycles. The maximum Gasteiger partial charge on any atom is 0.205 e. The Kier molecular flexibility index (Phi) is 4.37. The SMILES string of the molecule is Nc1csc(NN=Cc2ccc(-c3ccccc3Cl)cc2)n1. The zero-order chi connectivity index (χ0) is 15.4. The molecule has 6 heteroatoms. The van der Waals surface area contributed by atoms with Gasteiger partial charge in [-0.15, -0.1) is 11.3 Å². The number of halogens is 1. The molecule has 0 aliphatic heterocycles. The van der Waals surface area contributed by atoms with Gasteiger partial charge in [0.2, 0.25) is 5.13 Å². The van der Waals surface area contributed by atoms with E-state index in [4.69, 9.17) is 17.3 Å². The Balaban J connectivity index is 1.70. The van der Waals surface area contributed by atoms with Crippen molar-refractivity contribution in [1.82, 2.24) is 4.98 Å². The summed E-state index contributed by atoms with van der Waals surface area (Å²) in [4.78, 5) is 4.06. The first-order chi connectivity index (χ1) is 10.7. The molecule has 0 saturated heterocycles. The van der Waals surface area contributed by atoms with Gasteiger partial charge in [0.15, 0.2) is 0 Å². The fraction of sp³-hybridized carbons (Fsp3) is 0. The molecular weight excluding hydrogens is 316 g/mol. The summed E-state index contributed by atoms with van der Waals surface area (Å²) in [5.74, 6) is 0.492. The van der Waals surface area contributed by atoms with Crippen LogP contribution in [0.5, 0.6) is 0 Å². The third kappa shape index (κ3) is 3.44. The van der Waals surface area contributed by atoms with Crippen LogP contribution in [0.2, 0.25) is 5.02 Å². The highest BCUT2D eigenvalue weighted by molar-refractivity contribution is 7.14. The number of benzene rings is 2. The van der Waals surface area contributed by atoms with Crippen LogP contribution in [0.3, 0.4) is 0 Å². The molecule has 0 unspecified atom stereocenters. The van der Waals surface area contributed by atoms with Crippen LogP contribution in [0.15, 0.2) is 59.0 Å². The molecule has 3 rings (SSSR count). The summed E-state index contributed by atoms with van der Waals surface area (Å²) in [6.07, 6.45) is 1.73. The van der Waals surface area contributed by atoms with Gasteiger partial charge in [-0.2, -0.15) is 5.10 Å². The predicted molar refractivity (Wildman–Crippen MR) is 94.6 cm³/mol. The van der Waals surface area contributed by atoms with E-state index in [1.54, 1.807) is 11.6 Å². The summed E-state index contributed by atoms with van der Waals surface area (Å²) in [6.45, 7) is 0. The van der Waals surface area contributed by atoms with Crippen molar-refractivity contribution in [3.63, 3.8) is 0 Å². The molecule has 0 saturated carbocycles. The average Bonchev–Trinajstić information content (AvgIpc) is 2.94. The van der Waals surface area contributed by atoms with Crippen molar-refractivity contribution in [2.75, 3.05) is 11.2 Å². The zero-order valence-corrected chi connectivity index (χ0v) is 13.1. The van der Waals surface area contributed by atoms with Crippen molar-refractivity contribution in [3.8, 4) is 11.1 Å². The number of nitrogens with one attached hydrogen (secondary N) is 1. The Morgan fingerprint density at radius 2 is 1.91 bits per heavy atom. The maximum absolute atomic E-state index is 6.20. The number of thiazole rings is 1. The lowest BCUT2D eigenvalue weighted by Gasteiger charge is -2.04. The molecule has 0 amide bonds. The number of hydrazone groups is 1. The lowest BCUT2D eigenvalue weighted by atomic mass is 10.0. The van der Waals surface area contributed by atoms with Crippen LogP contribution in [0.4, 0.5) is 10.9 Å². The third-order valence-corrected chi connectivity index (χ3v) is 4.09. The van der Waals surface area contributed by atoms with Crippen LogP contribution in [0.25, 0.3) is 11.1 Å². The topological polar surface area (TPSA) is 63.3 Å². The fourth-order valence-corrected chi connectivity index (χ4v) is 2.74. The molecule has 0 aliphatic carbocycles. The Hall–Kier alpha value is -2.37. The van der Waals surface area contributed by atoms with E-state index in [1.165, 1.54) is 11.3 Å². The van der Waals surface area contributed by atoms with Gasteiger partial charge in [-0.3, -0.25) is 5.43 Å². The summed E-state index contributed by atoms with van der Waals surface area (Å²) < 4.78 is 0. The first-order valence-corrected chi connectivity index (χ1v) is 7.83. The summed E-state index contributed by atoms with van der Waals surface area (Å²) >= 11 is 7.61. The van der Waals surface area contributed by atoms with Crippen LogP contribution in [-0.4, -0.2) is 11.2 Å². The highest BCUT2D eigenvalue weighted by Gasteiger charge is 2.01. The quantitative estimate of drug-likeness (QED) is 0.548. The number of rotatable bonds is 4. The Morgan fingerprint density at radius 1 is 1.14 bits per heavy atom. The summed E-state index contributed by atoms with van der Waals surface area (Å²) in [7, 11) is 0. The van der Waals surface area contributed by atoms with E-state index in [0.717, 1.165) is 21.7 Å². The number of aromatic nitrogens is 1. The molecule has 4 nitrogen and oxygen atoms in total. The normalized spacial score (nSPS) is 11.0. The summed E-state index contributed by atoms with van der Waals surface area (Å²) in [5.41, 5.74) is 11.5. The number of hydrogen-bond donors (Lipinski definition) is 2. The van der Waals surface area contributed by atoms with E-state index in [2.05, 4.69) is 15.5 Å². The first kappa shape index (κ1) is 14.6. The number of nitrogens with two attached hydrogens (primary N) is 1. The van der Waals surface area contributed by atoms with Crippen LogP contribution in [-0.2, 0) is 0 Å². The maximum atomic E-state index is 6.20. The highest BCUT2D eigenvalue weighted by atomic mass is 35.5. The Labute approximate surface area is 137 Å². The summed E-state index contributed by atoms with van der Waals surface area (Å²) in [6, 6.07) is 15.8. The molecule has 0 aliphatic rings. The second-order valence-electron chi connectivity index (χ2n) is 4.55. The summed E-state index contributed by atoms with van der Waals surface area (Å²) in [5, 5.41) is 7.31. The van der Waals surface area contributed by atoms with Crippen molar-refractivity contribution < 1.29 is 0 Å². The molecular formula is C16H13ClN4S. The van der Waals surface area contributed by atoms with Gasteiger partial charge in [-0.1, -0.05) is 54.1 Å². The predicted octanol–water partition coefficient (Wildman–Crippen LogP) is 4.49.